The number of rotatable bonds is 5. The van der Waals surface area contributed by atoms with Crippen LogP contribution in [0.25, 0.3) is 0 Å². The van der Waals surface area contributed by atoms with Crippen LogP contribution >= 0.6 is 46.3 Å². The highest BCUT2D eigenvalue weighted by Gasteiger charge is 2.10. The van der Waals surface area contributed by atoms with Gasteiger partial charge in [0.05, 0.1) is 21.5 Å². The zero-order valence-electron chi connectivity index (χ0n) is 9.26. The topological polar surface area (TPSA) is 75.1 Å². The number of hydrogen-bond donors (Lipinski definition) is 2. The molecule has 1 aromatic heterocycles. The Kier molecular flexibility index (Phi) is 4.87. The van der Waals surface area contributed by atoms with Gasteiger partial charge in [-0.15, -0.1) is 10.2 Å². The summed E-state index contributed by atoms with van der Waals surface area (Å²) in [7, 11) is 0. The van der Waals surface area contributed by atoms with Crippen molar-refractivity contribution >= 4 is 63.1 Å². The lowest BCUT2D eigenvalue weighted by Crippen LogP contribution is -1.96. The van der Waals surface area contributed by atoms with E-state index < -0.39 is 5.97 Å². The molecule has 2 N–H and O–H groups in total. The molecule has 0 aliphatic rings. The van der Waals surface area contributed by atoms with E-state index in [-0.39, 0.29) is 5.75 Å². The number of para-hydroxylation sites is 1. The number of carboxylic acid groups (broad SMARTS) is 1. The molecule has 0 atom stereocenters. The molecule has 19 heavy (non-hydrogen) atoms. The number of aliphatic carboxylic acids is 1. The van der Waals surface area contributed by atoms with Crippen molar-refractivity contribution in [2.75, 3.05) is 11.1 Å². The third-order valence-electron chi connectivity index (χ3n) is 1.92. The fourth-order valence-electron chi connectivity index (χ4n) is 1.17. The fourth-order valence-corrected chi connectivity index (χ4v) is 3.13. The first-order valence-electron chi connectivity index (χ1n) is 4.95. The van der Waals surface area contributed by atoms with E-state index in [0.29, 0.717) is 25.2 Å². The smallest absolute Gasteiger partial charge is 0.313 e. The largest absolute Gasteiger partial charge is 0.481 e. The van der Waals surface area contributed by atoms with Gasteiger partial charge in [-0.3, -0.25) is 4.79 Å². The molecular formula is C10H7Cl2N3O2S2. The Labute approximate surface area is 127 Å². The van der Waals surface area contributed by atoms with E-state index >= 15 is 0 Å². The van der Waals surface area contributed by atoms with Gasteiger partial charge in [0, 0.05) is 0 Å². The van der Waals surface area contributed by atoms with E-state index in [1.807, 2.05) is 0 Å². The van der Waals surface area contributed by atoms with Crippen molar-refractivity contribution in [2.45, 2.75) is 4.34 Å². The quantitative estimate of drug-likeness (QED) is 0.810. The number of carbonyl (C=O) groups is 1. The number of halogens is 2. The van der Waals surface area contributed by atoms with Gasteiger partial charge in [-0.05, 0) is 12.1 Å². The molecule has 0 spiro atoms. The van der Waals surface area contributed by atoms with E-state index in [2.05, 4.69) is 15.5 Å². The van der Waals surface area contributed by atoms with Crippen LogP contribution < -0.4 is 5.32 Å². The molecule has 2 rings (SSSR count). The number of benzene rings is 1. The summed E-state index contributed by atoms with van der Waals surface area (Å²) < 4.78 is 0.563. The third-order valence-corrected chi connectivity index (χ3v) is 4.51. The Morgan fingerprint density at radius 3 is 2.68 bits per heavy atom. The Morgan fingerprint density at radius 1 is 1.37 bits per heavy atom. The molecule has 0 aliphatic heterocycles. The predicted molar refractivity (Wildman–Crippen MR) is 78.0 cm³/mol. The highest BCUT2D eigenvalue weighted by atomic mass is 35.5. The van der Waals surface area contributed by atoms with Crippen molar-refractivity contribution < 1.29 is 9.90 Å². The van der Waals surface area contributed by atoms with Gasteiger partial charge in [-0.1, -0.05) is 52.4 Å². The van der Waals surface area contributed by atoms with Gasteiger partial charge in [-0.2, -0.15) is 0 Å². The highest BCUT2D eigenvalue weighted by Crippen LogP contribution is 2.34. The number of aromatic nitrogens is 2. The molecule has 0 fully saturated rings. The monoisotopic (exact) mass is 335 g/mol. The van der Waals surface area contributed by atoms with Gasteiger partial charge < -0.3 is 10.4 Å². The van der Waals surface area contributed by atoms with Gasteiger partial charge in [0.25, 0.3) is 0 Å². The summed E-state index contributed by atoms with van der Waals surface area (Å²) in [6, 6.07) is 5.15. The van der Waals surface area contributed by atoms with Crippen molar-refractivity contribution in [1.29, 1.82) is 0 Å². The second-order valence-electron chi connectivity index (χ2n) is 3.28. The molecular weight excluding hydrogens is 329 g/mol. The Hall–Kier alpha value is -1.02. The highest BCUT2D eigenvalue weighted by molar-refractivity contribution is 8.01. The molecule has 0 saturated carbocycles. The predicted octanol–water partition coefficient (Wildman–Crippen LogP) is 3.77. The van der Waals surface area contributed by atoms with Crippen LogP contribution in [0, 0.1) is 0 Å². The van der Waals surface area contributed by atoms with Crippen LogP contribution in [0.15, 0.2) is 22.5 Å². The first-order chi connectivity index (χ1) is 9.06. The SMILES string of the molecule is O=C(O)CSc1nnc(Nc2c(Cl)cccc2Cl)s1. The minimum atomic E-state index is -0.899. The van der Waals surface area contributed by atoms with Crippen LogP contribution in [0.2, 0.25) is 10.0 Å². The second kappa shape index (κ2) is 6.42. The summed E-state index contributed by atoms with van der Waals surface area (Å²) in [5.41, 5.74) is 0.553. The molecule has 0 bridgehead atoms. The standard InChI is InChI=1S/C10H7Cl2N3O2S2/c11-5-2-1-3-6(12)8(5)13-9-14-15-10(19-9)18-4-7(16)17/h1-3H,4H2,(H,13,14)(H,16,17). The van der Waals surface area contributed by atoms with Gasteiger partial charge in [0.1, 0.15) is 0 Å². The van der Waals surface area contributed by atoms with Crippen molar-refractivity contribution in [1.82, 2.24) is 10.2 Å². The average molecular weight is 336 g/mol. The number of thioether (sulfide) groups is 1. The number of nitrogens with one attached hydrogen (secondary N) is 1. The summed E-state index contributed by atoms with van der Waals surface area (Å²) in [4.78, 5) is 10.4. The zero-order valence-corrected chi connectivity index (χ0v) is 12.4. The van der Waals surface area contributed by atoms with Crippen molar-refractivity contribution in [3.05, 3.63) is 28.2 Å². The Balaban J connectivity index is 2.09. The van der Waals surface area contributed by atoms with Crippen molar-refractivity contribution in [2.24, 2.45) is 0 Å². The van der Waals surface area contributed by atoms with Crippen LogP contribution in [0.5, 0.6) is 0 Å². The molecule has 100 valence electrons. The summed E-state index contributed by atoms with van der Waals surface area (Å²) in [6.45, 7) is 0. The first kappa shape index (κ1) is 14.4. The molecule has 0 radical (unpaired) electrons. The van der Waals surface area contributed by atoms with Gasteiger partial charge >= 0.3 is 5.97 Å². The molecule has 0 aliphatic carbocycles. The molecule has 9 heteroatoms. The summed E-state index contributed by atoms with van der Waals surface area (Å²) >= 11 is 14.4. The minimum absolute atomic E-state index is 0.0541. The minimum Gasteiger partial charge on any atom is -0.481 e. The molecule has 1 heterocycles. The van der Waals surface area contributed by atoms with Crippen molar-refractivity contribution in [3.63, 3.8) is 0 Å². The average Bonchev–Trinajstić information content (AvgIpc) is 2.79. The summed E-state index contributed by atoms with van der Waals surface area (Å²) in [5, 5.41) is 20.8. The molecule has 0 saturated heterocycles. The zero-order chi connectivity index (χ0) is 13.8. The van der Waals surface area contributed by atoms with Gasteiger partial charge in [0.2, 0.25) is 5.13 Å². The van der Waals surface area contributed by atoms with E-state index in [1.165, 1.54) is 11.3 Å². The summed E-state index contributed by atoms with van der Waals surface area (Å²) in [6.07, 6.45) is 0. The lowest BCUT2D eigenvalue weighted by atomic mass is 10.3. The number of anilines is 2. The lowest BCUT2D eigenvalue weighted by molar-refractivity contribution is -0.133. The molecule has 1 aromatic carbocycles. The van der Waals surface area contributed by atoms with Gasteiger partial charge in [-0.25, -0.2) is 0 Å². The molecule has 0 amide bonds. The van der Waals surface area contributed by atoms with Crippen LogP contribution in [0.3, 0.4) is 0 Å². The van der Waals surface area contributed by atoms with E-state index in [4.69, 9.17) is 28.3 Å². The molecule has 5 nitrogen and oxygen atoms in total. The first-order valence-corrected chi connectivity index (χ1v) is 7.51. The Bertz CT molecular complexity index is 586. The van der Waals surface area contributed by atoms with Crippen LogP contribution in [-0.4, -0.2) is 27.0 Å². The van der Waals surface area contributed by atoms with Gasteiger partial charge in [0.15, 0.2) is 4.34 Å². The normalized spacial score (nSPS) is 10.4. The van der Waals surface area contributed by atoms with Crippen LogP contribution in [-0.2, 0) is 4.79 Å². The van der Waals surface area contributed by atoms with Crippen molar-refractivity contribution in [3.8, 4) is 0 Å². The van der Waals surface area contributed by atoms with Crippen LogP contribution in [0.4, 0.5) is 10.8 Å². The number of nitrogens with zero attached hydrogens (tertiary/aromatic N) is 2. The third kappa shape index (κ3) is 3.97. The number of hydrogen-bond acceptors (Lipinski definition) is 6. The lowest BCUT2D eigenvalue weighted by Gasteiger charge is -2.06. The molecule has 0 unspecified atom stereocenters. The maximum atomic E-state index is 10.4. The summed E-state index contributed by atoms with van der Waals surface area (Å²) in [5.74, 6) is -0.953. The Morgan fingerprint density at radius 2 is 2.05 bits per heavy atom. The van der Waals surface area contributed by atoms with Crippen LogP contribution in [0.1, 0.15) is 0 Å². The molecule has 2 aromatic rings. The van der Waals surface area contributed by atoms with E-state index in [9.17, 15) is 4.79 Å². The van der Waals surface area contributed by atoms with E-state index in [1.54, 1.807) is 18.2 Å². The number of carboxylic acids is 1. The second-order valence-corrected chi connectivity index (χ2v) is 6.29. The fraction of sp³-hybridized carbons (Fsp3) is 0.100. The van der Waals surface area contributed by atoms with E-state index in [0.717, 1.165) is 11.8 Å². The maximum Gasteiger partial charge on any atom is 0.313 e. The maximum absolute atomic E-state index is 10.4.